The zero-order valence-electron chi connectivity index (χ0n) is 13.3. The predicted octanol–water partition coefficient (Wildman–Crippen LogP) is 2.29. The molecule has 0 aliphatic carbocycles. The largest absolute Gasteiger partial charge is 0.496 e. The van der Waals surface area contributed by atoms with Crippen LogP contribution in [0, 0.1) is 0 Å². The molecule has 8 heteroatoms. The van der Waals surface area contributed by atoms with Crippen LogP contribution in [0.25, 0.3) is 10.7 Å². The molecule has 0 aliphatic heterocycles. The molecule has 0 aliphatic rings. The van der Waals surface area contributed by atoms with Crippen molar-refractivity contribution in [2.75, 3.05) is 7.11 Å². The number of nitrogens with zero attached hydrogens (tertiary/aromatic N) is 4. The van der Waals surface area contributed by atoms with E-state index in [9.17, 15) is 4.79 Å². The lowest BCUT2D eigenvalue weighted by Gasteiger charge is -2.16. The Morgan fingerprint density at radius 1 is 1.33 bits per heavy atom. The van der Waals surface area contributed by atoms with Crippen LogP contribution in [0.15, 0.2) is 41.8 Å². The summed E-state index contributed by atoms with van der Waals surface area (Å²) in [6.45, 7) is 1.92. The Labute approximate surface area is 143 Å². The number of amides is 1. The number of ether oxygens (including phenoxy) is 1. The number of carbonyl (C=O) groups is 1. The fourth-order valence-electron chi connectivity index (χ4n) is 2.33. The second-order valence-corrected chi connectivity index (χ2v) is 6.10. The average Bonchev–Trinajstić information content (AvgIpc) is 3.25. The summed E-state index contributed by atoms with van der Waals surface area (Å²) in [5.74, 6) is 1.07. The number of carbonyl (C=O) groups excluding carboxylic acids is 1. The molecule has 1 atom stereocenters. The van der Waals surface area contributed by atoms with Crippen LogP contribution in [0.3, 0.4) is 0 Å². The van der Waals surface area contributed by atoms with Crippen LogP contribution in [-0.2, 0) is 11.3 Å². The molecule has 2 aromatic heterocycles. The highest BCUT2D eigenvalue weighted by Gasteiger charge is 2.15. The molecular weight excluding hydrogens is 326 g/mol. The zero-order chi connectivity index (χ0) is 16.9. The Hall–Kier alpha value is -2.74. The normalized spacial score (nSPS) is 11.9. The quantitative estimate of drug-likeness (QED) is 0.742. The average molecular weight is 343 g/mol. The maximum absolute atomic E-state index is 12.2. The fraction of sp³-hybridized carbons (Fsp3) is 0.250. The molecule has 0 bridgehead atoms. The second-order valence-electron chi connectivity index (χ2n) is 5.15. The highest BCUT2D eigenvalue weighted by molar-refractivity contribution is 7.13. The van der Waals surface area contributed by atoms with Crippen molar-refractivity contribution in [3.8, 4) is 16.5 Å². The number of tetrazole rings is 1. The lowest BCUT2D eigenvalue weighted by atomic mass is 10.1. The van der Waals surface area contributed by atoms with Crippen molar-refractivity contribution >= 4 is 17.2 Å². The Morgan fingerprint density at radius 3 is 2.92 bits per heavy atom. The van der Waals surface area contributed by atoms with E-state index < -0.39 is 0 Å². The number of rotatable bonds is 6. The van der Waals surface area contributed by atoms with E-state index >= 15 is 0 Å². The number of para-hydroxylation sites is 1. The van der Waals surface area contributed by atoms with Gasteiger partial charge in [-0.2, -0.15) is 4.80 Å². The third-order valence-corrected chi connectivity index (χ3v) is 4.33. The van der Waals surface area contributed by atoms with Gasteiger partial charge in [-0.25, -0.2) is 0 Å². The molecule has 3 aromatic rings. The van der Waals surface area contributed by atoms with Crippen molar-refractivity contribution in [1.29, 1.82) is 0 Å². The Bertz CT molecular complexity index is 816. The number of hydrogen-bond donors (Lipinski definition) is 1. The van der Waals surface area contributed by atoms with Gasteiger partial charge in [0.25, 0.3) is 0 Å². The van der Waals surface area contributed by atoms with Gasteiger partial charge in [0, 0.05) is 5.56 Å². The fourth-order valence-corrected chi connectivity index (χ4v) is 2.98. The molecule has 0 fully saturated rings. The highest BCUT2D eigenvalue weighted by Crippen LogP contribution is 2.24. The standard InChI is InChI=1S/C16H17N5O2S/c1-11(12-6-3-4-7-13(12)23-2)17-15(22)10-21-19-16(18-20-21)14-8-5-9-24-14/h3-9,11H,10H2,1-2H3,(H,17,22)/t11-/m0/s1. The number of hydrogen-bond acceptors (Lipinski definition) is 6. The first-order chi connectivity index (χ1) is 11.7. The predicted molar refractivity (Wildman–Crippen MR) is 90.7 cm³/mol. The van der Waals surface area contributed by atoms with E-state index in [-0.39, 0.29) is 18.5 Å². The first-order valence-electron chi connectivity index (χ1n) is 7.41. The topological polar surface area (TPSA) is 81.9 Å². The number of benzene rings is 1. The van der Waals surface area contributed by atoms with E-state index in [0.717, 1.165) is 16.2 Å². The summed E-state index contributed by atoms with van der Waals surface area (Å²) in [7, 11) is 1.61. The minimum Gasteiger partial charge on any atom is -0.496 e. The van der Waals surface area contributed by atoms with Gasteiger partial charge in [0.2, 0.25) is 11.7 Å². The highest BCUT2D eigenvalue weighted by atomic mass is 32.1. The van der Waals surface area contributed by atoms with Crippen molar-refractivity contribution in [3.63, 3.8) is 0 Å². The summed E-state index contributed by atoms with van der Waals surface area (Å²) >= 11 is 1.53. The molecule has 2 heterocycles. The van der Waals surface area contributed by atoms with Gasteiger partial charge in [-0.1, -0.05) is 24.3 Å². The van der Waals surface area contributed by atoms with E-state index in [1.54, 1.807) is 7.11 Å². The molecule has 0 saturated carbocycles. The molecule has 0 unspecified atom stereocenters. The summed E-state index contributed by atoms with van der Waals surface area (Å²) in [5, 5.41) is 17.0. The number of thiophene rings is 1. The maximum Gasteiger partial charge on any atom is 0.244 e. The molecule has 1 amide bonds. The summed E-state index contributed by atoms with van der Waals surface area (Å²) in [6.07, 6.45) is 0. The lowest BCUT2D eigenvalue weighted by Crippen LogP contribution is -2.31. The van der Waals surface area contributed by atoms with E-state index in [0.29, 0.717) is 5.82 Å². The van der Waals surface area contributed by atoms with E-state index in [4.69, 9.17) is 4.74 Å². The van der Waals surface area contributed by atoms with Crippen LogP contribution < -0.4 is 10.1 Å². The summed E-state index contributed by atoms with van der Waals surface area (Å²) < 4.78 is 5.32. The molecule has 124 valence electrons. The minimum absolute atomic E-state index is 0.0118. The van der Waals surface area contributed by atoms with Crippen molar-refractivity contribution in [2.24, 2.45) is 0 Å². The molecule has 3 rings (SSSR count). The van der Waals surface area contributed by atoms with Gasteiger partial charge in [-0.05, 0) is 29.6 Å². The third kappa shape index (κ3) is 3.60. The molecule has 0 saturated heterocycles. The smallest absolute Gasteiger partial charge is 0.244 e. The molecule has 0 radical (unpaired) electrons. The molecule has 1 N–H and O–H groups in total. The van der Waals surface area contributed by atoms with Gasteiger partial charge >= 0.3 is 0 Å². The van der Waals surface area contributed by atoms with Crippen molar-refractivity contribution in [3.05, 3.63) is 47.3 Å². The van der Waals surface area contributed by atoms with E-state index in [2.05, 4.69) is 20.7 Å². The van der Waals surface area contributed by atoms with Crippen molar-refractivity contribution in [1.82, 2.24) is 25.5 Å². The first kappa shape index (κ1) is 16.1. The van der Waals surface area contributed by atoms with Gasteiger partial charge in [0.1, 0.15) is 12.3 Å². The van der Waals surface area contributed by atoms with Crippen molar-refractivity contribution in [2.45, 2.75) is 19.5 Å². The number of aromatic nitrogens is 4. The molecular formula is C16H17N5O2S. The lowest BCUT2D eigenvalue weighted by molar-refractivity contribution is -0.122. The van der Waals surface area contributed by atoms with Crippen LogP contribution in [0.5, 0.6) is 5.75 Å². The van der Waals surface area contributed by atoms with Crippen LogP contribution in [0.1, 0.15) is 18.5 Å². The monoisotopic (exact) mass is 343 g/mol. The van der Waals surface area contributed by atoms with Crippen LogP contribution in [0.4, 0.5) is 0 Å². The first-order valence-corrected chi connectivity index (χ1v) is 8.29. The molecule has 0 spiro atoms. The van der Waals surface area contributed by atoms with Crippen molar-refractivity contribution < 1.29 is 9.53 Å². The summed E-state index contributed by atoms with van der Waals surface area (Å²) in [4.78, 5) is 14.4. The molecule has 24 heavy (non-hydrogen) atoms. The maximum atomic E-state index is 12.2. The Balaban J connectivity index is 1.63. The number of methoxy groups -OCH3 is 1. The summed E-state index contributed by atoms with van der Waals surface area (Å²) in [6, 6.07) is 11.2. The molecule has 7 nitrogen and oxygen atoms in total. The second kappa shape index (κ2) is 7.22. The molecule has 1 aromatic carbocycles. The number of nitrogens with one attached hydrogen (secondary N) is 1. The zero-order valence-corrected chi connectivity index (χ0v) is 14.2. The van der Waals surface area contributed by atoms with Crippen LogP contribution >= 0.6 is 11.3 Å². The Morgan fingerprint density at radius 2 is 2.17 bits per heavy atom. The summed E-state index contributed by atoms with van der Waals surface area (Å²) in [5.41, 5.74) is 0.916. The van der Waals surface area contributed by atoms with Gasteiger partial charge in [-0.15, -0.1) is 21.5 Å². The van der Waals surface area contributed by atoms with E-state index in [1.807, 2.05) is 48.7 Å². The minimum atomic E-state index is -0.191. The van der Waals surface area contributed by atoms with Gasteiger partial charge in [0.15, 0.2) is 0 Å². The van der Waals surface area contributed by atoms with Gasteiger partial charge in [-0.3, -0.25) is 4.79 Å². The van der Waals surface area contributed by atoms with Gasteiger partial charge in [0.05, 0.1) is 18.0 Å². The van der Waals surface area contributed by atoms with Crippen LogP contribution in [0.2, 0.25) is 0 Å². The SMILES string of the molecule is COc1ccccc1[C@H](C)NC(=O)Cn1nnc(-c2cccs2)n1. The van der Waals surface area contributed by atoms with E-state index in [1.165, 1.54) is 16.1 Å². The Kier molecular flexibility index (Phi) is 4.85. The van der Waals surface area contributed by atoms with Gasteiger partial charge < -0.3 is 10.1 Å². The third-order valence-electron chi connectivity index (χ3n) is 3.46. The van der Waals surface area contributed by atoms with Crippen LogP contribution in [-0.4, -0.2) is 33.2 Å².